The number of anilines is 3. The van der Waals surface area contributed by atoms with Crippen molar-refractivity contribution in [2.45, 2.75) is 58.3 Å². The lowest BCUT2D eigenvalue weighted by molar-refractivity contribution is -0.119. The van der Waals surface area contributed by atoms with E-state index in [4.69, 9.17) is 0 Å². The summed E-state index contributed by atoms with van der Waals surface area (Å²) in [6.45, 7) is 9.15. The fourth-order valence-corrected chi connectivity index (χ4v) is 6.47. The second kappa shape index (κ2) is 13.6. The molecule has 11 heteroatoms. The van der Waals surface area contributed by atoms with Crippen LogP contribution in [0.5, 0.6) is 0 Å². The number of amides is 2. The number of aromatic nitrogens is 2. The fraction of sp³-hybridized carbons (Fsp3) is 0.484. The quantitative estimate of drug-likeness (QED) is 0.319. The molecular formula is C31H40FN7O2S. The van der Waals surface area contributed by atoms with Gasteiger partial charge in [0.15, 0.2) is 0 Å². The normalized spacial score (nSPS) is 20.0. The third-order valence-corrected chi connectivity index (χ3v) is 9.06. The van der Waals surface area contributed by atoms with Crippen molar-refractivity contribution in [3.63, 3.8) is 0 Å². The van der Waals surface area contributed by atoms with Gasteiger partial charge < -0.3 is 25.8 Å². The summed E-state index contributed by atoms with van der Waals surface area (Å²) in [5, 5.41) is 12.0. The van der Waals surface area contributed by atoms with E-state index < -0.39 is 6.17 Å². The lowest BCUT2D eigenvalue weighted by Gasteiger charge is -2.37. The van der Waals surface area contributed by atoms with Crippen molar-refractivity contribution in [3.8, 4) is 10.6 Å². The Morgan fingerprint density at radius 1 is 1.10 bits per heavy atom. The molecule has 0 radical (unpaired) electrons. The molecule has 2 aliphatic rings. The first-order valence-corrected chi connectivity index (χ1v) is 15.6. The molecule has 0 saturated carbocycles. The molecule has 2 atom stereocenters. The Bertz CT molecular complexity index is 1360. The van der Waals surface area contributed by atoms with Gasteiger partial charge in [0.25, 0.3) is 5.91 Å². The summed E-state index contributed by atoms with van der Waals surface area (Å²) >= 11 is 1.40. The monoisotopic (exact) mass is 593 g/mol. The van der Waals surface area contributed by atoms with Crippen LogP contribution in [0, 0.1) is 5.92 Å². The van der Waals surface area contributed by atoms with E-state index in [1.807, 2.05) is 35.2 Å². The zero-order valence-corrected chi connectivity index (χ0v) is 25.3. The summed E-state index contributed by atoms with van der Waals surface area (Å²) in [7, 11) is 0. The van der Waals surface area contributed by atoms with E-state index in [-0.39, 0.29) is 24.3 Å². The number of hydrogen-bond acceptors (Lipinski definition) is 8. The maximum atomic E-state index is 15.2. The lowest BCUT2D eigenvalue weighted by Crippen LogP contribution is -2.46. The van der Waals surface area contributed by atoms with E-state index in [0.717, 1.165) is 47.9 Å². The van der Waals surface area contributed by atoms with Crippen LogP contribution in [-0.4, -0.2) is 77.7 Å². The highest BCUT2D eigenvalue weighted by Crippen LogP contribution is 2.34. The molecule has 9 nitrogen and oxygen atoms in total. The predicted molar refractivity (Wildman–Crippen MR) is 167 cm³/mol. The molecule has 2 fully saturated rings. The van der Waals surface area contributed by atoms with Crippen LogP contribution in [0.15, 0.2) is 48.1 Å². The average molecular weight is 594 g/mol. The second-order valence-corrected chi connectivity index (χ2v) is 12.3. The summed E-state index contributed by atoms with van der Waals surface area (Å²) in [4.78, 5) is 37.9. The van der Waals surface area contributed by atoms with Crippen molar-refractivity contribution >= 4 is 40.2 Å². The first-order valence-electron chi connectivity index (χ1n) is 14.7. The highest BCUT2D eigenvalue weighted by atomic mass is 32.1. The molecular weight excluding hydrogens is 553 g/mol. The van der Waals surface area contributed by atoms with Gasteiger partial charge in [-0.05, 0) is 63.4 Å². The lowest BCUT2D eigenvalue weighted by atomic mass is 9.94. The largest absolute Gasteiger partial charge is 0.382 e. The standard InChI is InChI=1S/C31H40FN7O2S/c1-20(2)38-14-9-24(10-15-38)35-25-4-5-29(39-13-8-23(26(32)18-39)17-34-21(3)40)27(16-25)36-30(41)28-19-42-31(37-28)22-6-11-33-12-7-22/h4-7,11-12,16,19-20,23-24,26,35H,8-10,13-15,17-18H2,1-3H3,(H,34,40)(H,36,41). The number of alkyl halides is 1. The molecule has 2 amide bonds. The molecule has 0 aliphatic carbocycles. The Kier molecular flexibility index (Phi) is 9.69. The van der Waals surface area contributed by atoms with Crippen LogP contribution >= 0.6 is 11.3 Å². The number of carbonyl (C=O) groups excluding carboxylic acids is 2. The smallest absolute Gasteiger partial charge is 0.275 e. The minimum Gasteiger partial charge on any atom is -0.382 e. The topological polar surface area (TPSA) is 102 Å². The van der Waals surface area contributed by atoms with Gasteiger partial charge in [-0.3, -0.25) is 14.6 Å². The number of likely N-dealkylation sites (tertiary alicyclic amines) is 1. The van der Waals surface area contributed by atoms with Gasteiger partial charge in [-0.25, -0.2) is 9.37 Å². The molecule has 2 saturated heterocycles. The number of rotatable bonds is 9. The highest BCUT2D eigenvalue weighted by molar-refractivity contribution is 7.13. The van der Waals surface area contributed by atoms with Crippen LogP contribution in [0.1, 0.15) is 50.5 Å². The highest BCUT2D eigenvalue weighted by Gasteiger charge is 2.31. The van der Waals surface area contributed by atoms with Crippen LogP contribution in [0.4, 0.5) is 21.5 Å². The number of pyridine rings is 1. The van der Waals surface area contributed by atoms with Gasteiger partial charge in [-0.15, -0.1) is 11.3 Å². The summed E-state index contributed by atoms with van der Waals surface area (Å²) in [5.41, 5.74) is 3.55. The molecule has 0 bridgehead atoms. The van der Waals surface area contributed by atoms with Crippen molar-refractivity contribution in [1.29, 1.82) is 0 Å². The van der Waals surface area contributed by atoms with E-state index in [1.165, 1.54) is 18.3 Å². The molecule has 3 aromatic rings. The molecule has 0 spiro atoms. The van der Waals surface area contributed by atoms with Gasteiger partial charge in [0.1, 0.15) is 16.9 Å². The Morgan fingerprint density at radius 3 is 2.55 bits per heavy atom. The van der Waals surface area contributed by atoms with Crippen LogP contribution in [0.3, 0.4) is 0 Å². The average Bonchev–Trinajstić information content (AvgIpc) is 3.48. The molecule has 224 valence electrons. The number of carbonyl (C=O) groups is 2. The number of benzene rings is 1. The summed E-state index contributed by atoms with van der Waals surface area (Å²) in [6.07, 6.45) is 4.99. The van der Waals surface area contributed by atoms with Gasteiger partial charge in [0, 0.05) is 86.7 Å². The first-order chi connectivity index (χ1) is 20.3. The van der Waals surface area contributed by atoms with Crippen LogP contribution in [-0.2, 0) is 4.79 Å². The van der Waals surface area contributed by atoms with Crippen LogP contribution in [0.25, 0.3) is 10.6 Å². The van der Waals surface area contributed by atoms with Gasteiger partial charge in [-0.1, -0.05) is 0 Å². The number of halogens is 1. The molecule has 3 N–H and O–H groups in total. The first kappa shape index (κ1) is 29.9. The number of nitrogens with one attached hydrogen (secondary N) is 3. The maximum Gasteiger partial charge on any atom is 0.275 e. The van der Waals surface area contributed by atoms with E-state index in [2.05, 4.69) is 44.7 Å². The van der Waals surface area contributed by atoms with Gasteiger partial charge in [-0.2, -0.15) is 0 Å². The van der Waals surface area contributed by atoms with E-state index in [9.17, 15) is 9.59 Å². The minimum atomic E-state index is -1.10. The number of nitrogens with zero attached hydrogens (tertiary/aromatic N) is 4. The van der Waals surface area contributed by atoms with Crippen molar-refractivity contribution in [2.75, 3.05) is 48.3 Å². The Balaban J connectivity index is 1.34. The Morgan fingerprint density at radius 2 is 1.86 bits per heavy atom. The van der Waals surface area contributed by atoms with E-state index >= 15 is 4.39 Å². The zero-order valence-electron chi connectivity index (χ0n) is 24.5. The zero-order chi connectivity index (χ0) is 29.6. The molecule has 1 aromatic carbocycles. The fourth-order valence-electron chi connectivity index (χ4n) is 5.67. The second-order valence-electron chi connectivity index (χ2n) is 11.5. The minimum absolute atomic E-state index is 0.151. The molecule has 5 rings (SSSR count). The third-order valence-electron chi connectivity index (χ3n) is 8.17. The summed E-state index contributed by atoms with van der Waals surface area (Å²) in [6, 6.07) is 10.5. The van der Waals surface area contributed by atoms with Gasteiger partial charge in [0.2, 0.25) is 5.91 Å². The van der Waals surface area contributed by atoms with E-state index in [0.29, 0.717) is 43.0 Å². The molecule has 2 unspecified atom stereocenters. The molecule has 4 heterocycles. The predicted octanol–water partition coefficient (Wildman–Crippen LogP) is 5.04. The van der Waals surface area contributed by atoms with Crippen molar-refractivity contribution in [2.24, 2.45) is 5.92 Å². The van der Waals surface area contributed by atoms with Gasteiger partial charge >= 0.3 is 0 Å². The van der Waals surface area contributed by atoms with Crippen molar-refractivity contribution in [3.05, 3.63) is 53.8 Å². The third kappa shape index (κ3) is 7.43. The SMILES string of the molecule is CC(=O)NCC1CCN(c2ccc(NC3CCN(C(C)C)CC3)cc2NC(=O)c2csc(-c3ccncc3)n2)CC1F. The Labute approximate surface area is 250 Å². The number of piperidine rings is 2. The molecule has 42 heavy (non-hydrogen) atoms. The van der Waals surface area contributed by atoms with Crippen LogP contribution in [0.2, 0.25) is 0 Å². The van der Waals surface area contributed by atoms with Gasteiger partial charge in [0.05, 0.1) is 11.4 Å². The Hall–Kier alpha value is -3.57. The van der Waals surface area contributed by atoms with E-state index in [1.54, 1.807) is 17.8 Å². The molecule has 2 aliphatic heterocycles. The van der Waals surface area contributed by atoms with Crippen LogP contribution < -0.4 is 20.9 Å². The summed E-state index contributed by atoms with van der Waals surface area (Å²) in [5.74, 6) is -0.697. The van der Waals surface area contributed by atoms with Crippen molar-refractivity contribution < 1.29 is 14.0 Å². The maximum absolute atomic E-state index is 15.2. The summed E-state index contributed by atoms with van der Waals surface area (Å²) < 4.78 is 15.2. The number of thiazole rings is 1. The van der Waals surface area contributed by atoms with Crippen molar-refractivity contribution in [1.82, 2.24) is 20.2 Å². The number of hydrogen-bond donors (Lipinski definition) is 3. The molecule has 2 aromatic heterocycles.